The van der Waals surface area contributed by atoms with Gasteiger partial charge in [-0.05, 0) is 36.4 Å². The quantitative estimate of drug-likeness (QED) is 0.209. The molecule has 0 aliphatic carbocycles. The minimum Gasteiger partial charge on any atom is -0.345 e. The Hall–Kier alpha value is -5.04. The number of fused-ring (bicyclic) bond motifs is 1. The third kappa shape index (κ3) is 4.67. The number of nitrogens with one attached hydrogen (secondary N) is 5. The fourth-order valence-corrected chi connectivity index (χ4v) is 2.98. The molecule has 5 N–H and O–H groups in total. The minimum absolute atomic E-state index is 0.114. The Balaban J connectivity index is 1.67. The van der Waals surface area contributed by atoms with Gasteiger partial charge in [-0.2, -0.15) is 28.7 Å². The maximum Gasteiger partial charge on any atom is 0.421 e. The topological polar surface area (TPSA) is 150 Å². The molecular weight excluding hydrogens is 437 g/mol. The van der Waals surface area contributed by atoms with Crippen LogP contribution in [0.4, 0.5) is 47.7 Å². The number of nitrogens with zero attached hydrogens (tertiary/aromatic N) is 5. The van der Waals surface area contributed by atoms with Crippen molar-refractivity contribution in [1.82, 2.24) is 19.9 Å². The lowest BCUT2D eigenvalue weighted by atomic mass is 10.2. The predicted octanol–water partition coefficient (Wildman–Crippen LogP) is 4.64. The number of aromatic nitrogens is 4. The zero-order valence-electron chi connectivity index (χ0n) is 16.5. The summed E-state index contributed by atoms with van der Waals surface area (Å²) in [5.41, 5.74) is 1.63. The lowest BCUT2D eigenvalue weighted by Crippen LogP contribution is -2.12. The second-order valence-electron chi connectivity index (χ2n) is 6.57. The number of hydrogen-bond donors (Lipinski definition) is 5. The average molecular weight is 450 g/mol. The second kappa shape index (κ2) is 8.60. The monoisotopic (exact) mass is 450 g/mol. The van der Waals surface area contributed by atoms with Gasteiger partial charge in [0.25, 0.3) is 0 Å². The number of alkyl halides is 3. The number of anilines is 6. The summed E-state index contributed by atoms with van der Waals surface area (Å²) >= 11 is 0. The molecule has 0 fully saturated rings. The number of halogens is 3. The summed E-state index contributed by atoms with van der Waals surface area (Å²) in [6, 6.07) is 9.37. The molecule has 10 nitrogen and oxygen atoms in total. The van der Waals surface area contributed by atoms with Crippen molar-refractivity contribution < 1.29 is 13.2 Å². The molecule has 4 aromatic rings. The van der Waals surface area contributed by atoms with Crippen LogP contribution in [-0.4, -0.2) is 19.9 Å². The molecule has 164 valence electrons. The highest BCUT2D eigenvalue weighted by molar-refractivity contribution is 5.80. The molecule has 0 spiro atoms. The molecule has 0 radical (unpaired) electrons. The van der Waals surface area contributed by atoms with Gasteiger partial charge >= 0.3 is 6.18 Å². The van der Waals surface area contributed by atoms with Crippen molar-refractivity contribution in [2.24, 2.45) is 0 Å². The molecule has 13 heteroatoms. The van der Waals surface area contributed by atoms with Crippen LogP contribution >= 0.6 is 0 Å². The summed E-state index contributed by atoms with van der Waals surface area (Å²) in [6.07, 6.45) is 0.959. The molecule has 4 rings (SSSR count). The Labute approximate surface area is 184 Å². The van der Waals surface area contributed by atoms with Gasteiger partial charge in [0.15, 0.2) is 12.4 Å². The molecule has 2 aromatic carbocycles. The second-order valence-corrected chi connectivity index (χ2v) is 6.57. The summed E-state index contributed by atoms with van der Waals surface area (Å²) in [4.78, 5) is 14.7. The highest BCUT2D eigenvalue weighted by Gasteiger charge is 2.35. The lowest BCUT2D eigenvalue weighted by Gasteiger charge is -2.15. The maximum absolute atomic E-state index is 13.5. The standard InChI is InChI=1S/C20H13F3N10/c21-20(22,23)13-7-26-19(32-12-2-3-14(27-8-24)16(6-12)28-9-25)33-18(13)31-11-1-4-15-17(5-11)30-10-29-15/h1-7,10,27-28H,(H,29,30)(H2,26,31,32,33). The molecule has 0 bridgehead atoms. The fourth-order valence-electron chi connectivity index (χ4n) is 2.98. The first-order valence-corrected chi connectivity index (χ1v) is 9.23. The Morgan fingerprint density at radius 1 is 0.879 bits per heavy atom. The number of rotatable bonds is 6. The highest BCUT2D eigenvalue weighted by Crippen LogP contribution is 2.36. The van der Waals surface area contributed by atoms with Gasteiger partial charge in [0, 0.05) is 17.6 Å². The van der Waals surface area contributed by atoms with E-state index in [2.05, 4.69) is 41.2 Å². The fraction of sp³-hybridized carbons (Fsp3) is 0.0500. The molecule has 33 heavy (non-hydrogen) atoms. The van der Waals surface area contributed by atoms with E-state index >= 15 is 0 Å². The summed E-state index contributed by atoms with van der Waals surface area (Å²) < 4.78 is 40.6. The van der Waals surface area contributed by atoms with Gasteiger partial charge in [0.1, 0.15) is 11.4 Å². The van der Waals surface area contributed by atoms with Gasteiger partial charge in [-0.1, -0.05) is 0 Å². The number of hydrogen-bond acceptors (Lipinski definition) is 9. The first-order valence-electron chi connectivity index (χ1n) is 9.23. The molecule has 2 aromatic heterocycles. The van der Waals surface area contributed by atoms with Crippen molar-refractivity contribution in [1.29, 1.82) is 10.5 Å². The number of aromatic amines is 1. The van der Waals surface area contributed by atoms with Crippen LogP contribution in [0.15, 0.2) is 48.9 Å². The Morgan fingerprint density at radius 3 is 2.36 bits per heavy atom. The molecule has 2 heterocycles. The molecule has 0 aliphatic rings. The normalized spacial score (nSPS) is 10.8. The molecule has 0 saturated heterocycles. The van der Waals surface area contributed by atoms with Crippen molar-refractivity contribution in [3.63, 3.8) is 0 Å². The van der Waals surface area contributed by atoms with Crippen LogP contribution in [-0.2, 0) is 6.18 Å². The van der Waals surface area contributed by atoms with Gasteiger partial charge in [0.2, 0.25) is 5.95 Å². The molecule has 0 unspecified atom stereocenters. The van der Waals surface area contributed by atoms with Crippen LogP contribution in [0.3, 0.4) is 0 Å². The molecule has 0 atom stereocenters. The third-order valence-electron chi connectivity index (χ3n) is 4.43. The van der Waals surface area contributed by atoms with Gasteiger partial charge < -0.3 is 15.6 Å². The summed E-state index contributed by atoms with van der Waals surface area (Å²) in [5.74, 6) is -0.561. The molecule has 0 aliphatic heterocycles. The van der Waals surface area contributed by atoms with Crippen LogP contribution in [0.5, 0.6) is 0 Å². The lowest BCUT2D eigenvalue weighted by molar-refractivity contribution is -0.137. The van der Waals surface area contributed by atoms with E-state index in [-0.39, 0.29) is 11.6 Å². The third-order valence-corrected chi connectivity index (χ3v) is 4.43. The number of benzene rings is 2. The zero-order valence-corrected chi connectivity index (χ0v) is 16.5. The van der Waals surface area contributed by atoms with E-state index in [1.54, 1.807) is 36.7 Å². The van der Waals surface area contributed by atoms with E-state index < -0.39 is 17.6 Å². The summed E-state index contributed by atoms with van der Waals surface area (Å²) in [6.45, 7) is 0. The van der Waals surface area contributed by atoms with E-state index in [9.17, 15) is 13.2 Å². The summed E-state index contributed by atoms with van der Waals surface area (Å²) in [7, 11) is 0. The van der Waals surface area contributed by atoms with Crippen molar-refractivity contribution in [2.75, 3.05) is 21.3 Å². The van der Waals surface area contributed by atoms with Crippen molar-refractivity contribution >= 4 is 45.5 Å². The summed E-state index contributed by atoms with van der Waals surface area (Å²) in [5, 5.41) is 28.0. The first kappa shape index (κ1) is 21.2. The Kier molecular flexibility index (Phi) is 5.53. The predicted molar refractivity (Wildman–Crippen MR) is 115 cm³/mol. The maximum atomic E-state index is 13.5. The van der Waals surface area contributed by atoms with E-state index in [1.807, 2.05) is 0 Å². The van der Waals surface area contributed by atoms with E-state index in [4.69, 9.17) is 10.5 Å². The van der Waals surface area contributed by atoms with Gasteiger partial charge in [-0.3, -0.25) is 10.6 Å². The Morgan fingerprint density at radius 2 is 1.61 bits per heavy atom. The van der Waals surface area contributed by atoms with Crippen LogP contribution < -0.4 is 21.3 Å². The van der Waals surface area contributed by atoms with Gasteiger partial charge in [0.05, 0.1) is 28.7 Å². The Bertz CT molecular complexity index is 1400. The minimum atomic E-state index is -4.69. The van der Waals surface area contributed by atoms with E-state index in [1.165, 1.54) is 18.5 Å². The molecular formula is C20H13F3N10. The van der Waals surface area contributed by atoms with Crippen LogP contribution in [0.25, 0.3) is 11.0 Å². The SMILES string of the molecule is N#CNc1ccc(Nc2ncc(C(F)(F)F)c(Nc3ccc4nc[nH]c4c3)n2)cc1NC#N. The van der Waals surface area contributed by atoms with Crippen molar-refractivity contribution in [3.05, 3.63) is 54.5 Å². The largest absolute Gasteiger partial charge is 0.421 e. The van der Waals surface area contributed by atoms with E-state index in [0.717, 1.165) is 0 Å². The highest BCUT2D eigenvalue weighted by atomic mass is 19.4. The van der Waals surface area contributed by atoms with Gasteiger partial charge in [-0.25, -0.2) is 9.97 Å². The molecule has 0 saturated carbocycles. The van der Waals surface area contributed by atoms with Gasteiger partial charge in [-0.15, -0.1) is 0 Å². The molecule has 0 amide bonds. The van der Waals surface area contributed by atoms with Crippen LogP contribution in [0.2, 0.25) is 0 Å². The van der Waals surface area contributed by atoms with E-state index in [0.29, 0.717) is 34.3 Å². The van der Waals surface area contributed by atoms with Crippen molar-refractivity contribution in [3.8, 4) is 12.4 Å². The van der Waals surface area contributed by atoms with Crippen LogP contribution in [0.1, 0.15) is 5.56 Å². The first-order chi connectivity index (χ1) is 15.9. The van der Waals surface area contributed by atoms with Crippen LogP contribution in [0, 0.1) is 22.9 Å². The number of H-pyrrole nitrogens is 1. The van der Waals surface area contributed by atoms with Crippen molar-refractivity contribution in [2.45, 2.75) is 6.18 Å². The average Bonchev–Trinajstić information content (AvgIpc) is 3.23. The number of imidazole rings is 1. The number of nitriles is 2. The zero-order chi connectivity index (χ0) is 23.4. The smallest absolute Gasteiger partial charge is 0.345 e.